The molecular formula is C12H17ClN6. The van der Waals surface area contributed by atoms with Crippen LogP contribution in [0.25, 0.3) is 11.2 Å². The van der Waals surface area contributed by atoms with Gasteiger partial charge in [-0.25, -0.2) is 4.98 Å². The maximum absolute atomic E-state index is 5.87. The van der Waals surface area contributed by atoms with Gasteiger partial charge < -0.3 is 15.2 Å². The van der Waals surface area contributed by atoms with E-state index in [-0.39, 0.29) is 5.28 Å². The number of aromatic amines is 1. The zero-order chi connectivity index (χ0) is 13.1. The molecule has 0 aliphatic carbocycles. The van der Waals surface area contributed by atoms with Crippen LogP contribution in [-0.2, 0) is 0 Å². The summed E-state index contributed by atoms with van der Waals surface area (Å²) >= 11 is 5.87. The fourth-order valence-electron chi connectivity index (χ4n) is 2.45. The molecule has 0 aromatic carbocycles. The van der Waals surface area contributed by atoms with E-state index in [0.717, 1.165) is 30.8 Å². The number of H-pyrrole nitrogens is 1. The van der Waals surface area contributed by atoms with Gasteiger partial charge in [-0.15, -0.1) is 0 Å². The Morgan fingerprint density at radius 3 is 3.00 bits per heavy atom. The Morgan fingerprint density at radius 1 is 1.32 bits per heavy atom. The summed E-state index contributed by atoms with van der Waals surface area (Å²) in [5.74, 6) is 0.730. The molecule has 2 N–H and O–H groups in total. The highest BCUT2D eigenvalue weighted by atomic mass is 35.5. The molecule has 7 heteroatoms. The largest absolute Gasteiger partial charge is 0.368 e. The Kier molecular flexibility index (Phi) is 3.79. The number of imidazole rings is 1. The Morgan fingerprint density at radius 2 is 2.16 bits per heavy atom. The Balaban J connectivity index is 1.57. The first-order valence-corrected chi connectivity index (χ1v) is 7.03. The molecule has 2 aromatic heterocycles. The number of hydrogen-bond acceptors (Lipinski definition) is 5. The van der Waals surface area contributed by atoms with Crippen molar-refractivity contribution in [3.63, 3.8) is 0 Å². The van der Waals surface area contributed by atoms with Crippen LogP contribution in [0.15, 0.2) is 6.33 Å². The molecule has 0 unspecified atom stereocenters. The number of aromatic nitrogens is 4. The molecule has 1 aliphatic rings. The number of likely N-dealkylation sites (tertiary alicyclic amines) is 1. The predicted molar refractivity (Wildman–Crippen MR) is 75.5 cm³/mol. The van der Waals surface area contributed by atoms with Crippen LogP contribution in [0.3, 0.4) is 0 Å². The fourth-order valence-corrected chi connectivity index (χ4v) is 2.61. The average Bonchev–Trinajstić information content (AvgIpc) is 3.04. The summed E-state index contributed by atoms with van der Waals surface area (Å²) in [7, 11) is 0. The highest BCUT2D eigenvalue weighted by molar-refractivity contribution is 6.28. The summed E-state index contributed by atoms with van der Waals surface area (Å²) in [6.07, 6.45) is 5.37. The van der Waals surface area contributed by atoms with E-state index in [2.05, 4.69) is 30.2 Å². The first-order chi connectivity index (χ1) is 9.33. The van der Waals surface area contributed by atoms with Gasteiger partial charge in [0, 0.05) is 6.54 Å². The quantitative estimate of drug-likeness (QED) is 0.647. The van der Waals surface area contributed by atoms with Crippen LogP contribution in [0.1, 0.15) is 19.3 Å². The van der Waals surface area contributed by atoms with E-state index in [4.69, 9.17) is 11.6 Å². The smallest absolute Gasteiger partial charge is 0.226 e. The lowest BCUT2D eigenvalue weighted by molar-refractivity contribution is 0.337. The zero-order valence-corrected chi connectivity index (χ0v) is 11.4. The molecule has 102 valence electrons. The lowest BCUT2D eigenvalue weighted by Crippen LogP contribution is -2.22. The average molecular weight is 281 g/mol. The number of nitrogens with one attached hydrogen (secondary N) is 2. The van der Waals surface area contributed by atoms with Gasteiger partial charge in [0.1, 0.15) is 5.52 Å². The summed E-state index contributed by atoms with van der Waals surface area (Å²) in [6, 6.07) is 0. The van der Waals surface area contributed by atoms with Gasteiger partial charge in [0.25, 0.3) is 0 Å². The zero-order valence-electron chi connectivity index (χ0n) is 10.7. The second-order valence-electron chi connectivity index (χ2n) is 4.77. The number of fused-ring (bicyclic) bond motifs is 1. The third-order valence-corrected chi connectivity index (χ3v) is 3.57. The molecule has 1 fully saturated rings. The molecule has 19 heavy (non-hydrogen) atoms. The van der Waals surface area contributed by atoms with E-state index in [1.54, 1.807) is 6.33 Å². The van der Waals surface area contributed by atoms with Gasteiger partial charge in [0.2, 0.25) is 5.28 Å². The molecule has 0 bridgehead atoms. The van der Waals surface area contributed by atoms with Crippen LogP contribution in [0.5, 0.6) is 0 Å². The number of nitrogens with zero attached hydrogens (tertiary/aromatic N) is 4. The molecule has 1 saturated heterocycles. The molecule has 0 saturated carbocycles. The van der Waals surface area contributed by atoms with Gasteiger partial charge in [-0.3, -0.25) is 0 Å². The van der Waals surface area contributed by atoms with E-state index in [1.165, 1.54) is 25.9 Å². The highest BCUT2D eigenvalue weighted by Crippen LogP contribution is 2.18. The van der Waals surface area contributed by atoms with Gasteiger partial charge in [0.15, 0.2) is 11.5 Å². The third-order valence-electron chi connectivity index (χ3n) is 3.40. The molecule has 1 aliphatic heterocycles. The van der Waals surface area contributed by atoms with Gasteiger partial charge >= 0.3 is 0 Å². The molecule has 3 rings (SSSR count). The number of anilines is 1. The highest BCUT2D eigenvalue weighted by Gasteiger charge is 2.11. The lowest BCUT2D eigenvalue weighted by Gasteiger charge is -2.14. The van der Waals surface area contributed by atoms with Crippen molar-refractivity contribution in [2.45, 2.75) is 19.3 Å². The van der Waals surface area contributed by atoms with E-state index >= 15 is 0 Å². The van der Waals surface area contributed by atoms with Gasteiger partial charge in [-0.05, 0) is 50.5 Å². The fraction of sp³-hybridized carbons (Fsp3) is 0.583. The van der Waals surface area contributed by atoms with Crippen LogP contribution in [0, 0.1) is 0 Å². The Bertz CT molecular complexity index is 548. The SMILES string of the molecule is Clc1nc(NCCCN2CCCC2)c2[nH]cnc2n1. The van der Waals surface area contributed by atoms with Crippen LogP contribution >= 0.6 is 11.6 Å². The molecule has 0 spiro atoms. The lowest BCUT2D eigenvalue weighted by atomic mass is 10.4. The van der Waals surface area contributed by atoms with E-state index in [9.17, 15) is 0 Å². The summed E-state index contributed by atoms with van der Waals surface area (Å²) in [5, 5.41) is 3.53. The molecule has 6 nitrogen and oxygen atoms in total. The summed E-state index contributed by atoms with van der Waals surface area (Å²) in [4.78, 5) is 17.9. The molecule has 0 amide bonds. The summed E-state index contributed by atoms with van der Waals surface area (Å²) in [5.41, 5.74) is 1.41. The normalized spacial score (nSPS) is 16.3. The predicted octanol–water partition coefficient (Wildman–Crippen LogP) is 1.90. The van der Waals surface area contributed by atoms with Crippen molar-refractivity contribution in [2.75, 3.05) is 31.5 Å². The second-order valence-corrected chi connectivity index (χ2v) is 5.11. The van der Waals surface area contributed by atoms with Gasteiger partial charge in [-0.1, -0.05) is 0 Å². The van der Waals surface area contributed by atoms with Crippen molar-refractivity contribution in [3.8, 4) is 0 Å². The van der Waals surface area contributed by atoms with Crippen molar-refractivity contribution >= 4 is 28.6 Å². The topological polar surface area (TPSA) is 69.7 Å². The minimum absolute atomic E-state index is 0.224. The van der Waals surface area contributed by atoms with Crippen molar-refractivity contribution < 1.29 is 0 Å². The maximum atomic E-state index is 5.87. The van der Waals surface area contributed by atoms with Gasteiger partial charge in [-0.2, -0.15) is 9.97 Å². The number of halogens is 1. The van der Waals surface area contributed by atoms with Crippen LogP contribution in [0.4, 0.5) is 5.82 Å². The molecular weight excluding hydrogens is 264 g/mol. The maximum Gasteiger partial charge on any atom is 0.226 e. The van der Waals surface area contributed by atoms with Crippen LogP contribution in [0.2, 0.25) is 5.28 Å². The number of hydrogen-bond donors (Lipinski definition) is 2. The molecule has 3 heterocycles. The molecule has 0 radical (unpaired) electrons. The van der Waals surface area contributed by atoms with E-state index in [0.29, 0.717) is 5.65 Å². The summed E-state index contributed by atoms with van der Waals surface area (Å²) in [6.45, 7) is 4.49. The van der Waals surface area contributed by atoms with Crippen molar-refractivity contribution in [1.82, 2.24) is 24.8 Å². The van der Waals surface area contributed by atoms with Crippen molar-refractivity contribution in [3.05, 3.63) is 11.6 Å². The van der Waals surface area contributed by atoms with Crippen molar-refractivity contribution in [2.24, 2.45) is 0 Å². The van der Waals surface area contributed by atoms with E-state index in [1.807, 2.05) is 0 Å². The minimum atomic E-state index is 0.224. The number of rotatable bonds is 5. The monoisotopic (exact) mass is 280 g/mol. The minimum Gasteiger partial charge on any atom is -0.368 e. The van der Waals surface area contributed by atoms with E-state index < -0.39 is 0 Å². The van der Waals surface area contributed by atoms with Crippen LogP contribution < -0.4 is 5.32 Å². The standard InChI is InChI=1S/C12H17ClN6/c13-12-17-10(9-11(18-12)16-8-15-9)14-4-3-7-19-5-1-2-6-19/h8H,1-7H2,(H2,14,15,16,17,18). The first kappa shape index (κ1) is 12.6. The second kappa shape index (κ2) is 5.71. The Labute approximate surface area is 116 Å². The first-order valence-electron chi connectivity index (χ1n) is 6.66. The Hall–Kier alpha value is -1.40. The third kappa shape index (κ3) is 2.96. The van der Waals surface area contributed by atoms with Crippen molar-refractivity contribution in [1.29, 1.82) is 0 Å². The van der Waals surface area contributed by atoms with Crippen LogP contribution in [-0.4, -0.2) is 51.0 Å². The molecule has 0 atom stereocenters. The molecule has 2 aromatic rings. The van der Waals surface area contributed by atoms with Gasteiger partial charge in [0.05, 0.1) is 6.33 Å². The summed E-state index contributed by atoms with van der Waals surface area (Å²) < 4.78 is 0.